The van der Waals surface area contributed by atoms with E-state index >= 15 is 0 Å². The fourth-order valence-corrected chi connectivity index (χ4v) is 5.71. The van der Waals surface area contributed by atoms with E-state index in [9.17, 15) is 13.5 Å². The molecule has 6 rings (SSSR count). The van der Waals surface area contributed by atoms with Gasteiger partial charge in [-0.25, -0.2) is 27.9 Å². The molecule has 12 nitrogen and oxygen atoms in total. The summed E-state index contributed by atoms with van der Waals surface area (Å²) < 4.78 is 27.9. The van der Waals surface area contributed by atoms with Gasteiger partial charge in [-0.05, 0) is 69.2 Å². The number of hydrogen-bond acceptors (Lipinski definition) is 9. The highest BCUT2D eigenvalue weighted by Crippen LogP contribution is 2.36. The average Bonchev–Trinajstić information content (AvgIpc) is 3.51. The second-order valence-corrected chi connectivity index (χ2v) is 12.2. The molecule has 13 heteroatoms. The zero-order valence-corrected chi connectivity index (χ0v) is 24.4. The van der Waals surface area contributed by atoms with Crippen LogP contribution in [0.3, 0.4) is 0 Å². The monoisotopic (exact) mass is 583 g/mol. The standard InChI is InChI=1S/C29H29N9O3S/c1-15-6-7-38-26(15)25(20-8-16(2)33-17(3)9-20)35-27(36-38)18(4)34-29-24-23(13-30-28(24)31-14-32-29)19-10-21(12-22(39)11-19)37-42(5,40)41/h6-14,18,37,39H,1-5H3,(H2,30,31,32,34)/t18-/m0/s1. The number of fused-ring (bicyclic) bond motifs is 2. The van der Waals surface area contributed by atoms with Crippen LogP contribution in [0, 0.1) is 20.8 Å². The molecule has 0 unspecified atom stereocenters. The molecular weight excluding hydrogens is 554 g/mol. The van der Waals surface area contributed by atoms with Crippen LogP contribution < -0.4 is 10.0 Å². The van der Waals surface area contributed by atoms with Crippen LogP contribution in [0.15, 0.2) is 55.1 Å². The van der Waals surface area contributed by atoms with Crippen molar-refractivity contribution in [1.82, 2.24) is 34.5 Å². The van der Waals surface area contributed by atoms with Crippen LogP contribution in [-0.4, -0.2) is 54.3 Å². The molecule has 0 bridgehead atoms. The normalized spacial score (nSPS) is 12.6. The van der Waals surface area contributed by atoms with Crippen molar-refractivity contribution in [2.75, 3.05) is 16.3 Å². The molecule has 214 valence electrons. The van der Waals surface area contributed by atoms with Gasteiger partial charge in [-0.3, -0.25) is 9.71 Å². The van der Waals surface area contributed by atoms with E-state index in [-0.39, 0.29) is 17.5 Å². The molecule has 0 saturated carbocycles. The van der Waals surface area contributed by atoms with Crippen molar-refractivity contribution in [3.05, 3.63) is 77.9 Å². The number of phenolic OH excluding ortho intramolecular Hbond substituents is 1. The number of benzene rings is 1. The zero-order valence-electron chi connectivity index (χ0n) is 23.6. The minimum atomic E-state index is -3.54. The highest BCUT2D eigenvalue weighted by Gasteiger charge is 2.20. The van der Waals surface area contributed by atoms with Crippen LogP contribution in [0.5, 0.6) is 5.75 Å². The van der Waals surface area contributed by atoms with Gasteiger partial charge in [0.1, 0.15) is 23.5 Å². The Morgan fingerprint density at radius 2 is 1.76 bits per heavy atom. The first kappa shape index (κ1) is 27.1. The zero-order chi connectivity index (χ0) is 29.8. The molecule has 0 fully saturated rings. The maximum atomic E-state index is 11.8. The molecule has 6 aromatic rings. The third-order valence-corrected chi connectivity index (χ3v) is 7.43. The smallest absolute Gasteiger partial charge is 0.229 e. The second kappa shape index (κ2) is 10.1. The van der Waals surface area contributed by atoms with E-state index in [1.165, 1.54) is 12.4 Å². The molecule has 0 spiro atoms. The predicted octanol–water partition coefficient (Wildman–Crippen LogP) is 4.91. The molecule has 5 aromatic heterocycles. The number of hydrogen-bond donors (Lipinski definition) is 4. The molecular formula is C29H29N9O3S. The Hall–Kier alpha value is -5.04. The first-order valence-electron chi connectivity index (χ1n) is 13.2. The molecule has 1 atom stereocenters. The van der Waals surface area contributed by atoms with Gasteiger partial charge in [0.05, 0.1) is 34.6 Å². The number of aromatic nitrogens is 7. The highest BCUT2D eigenvalue weighted by molar-refractivity contribution is 7.92. The quantitative estimate of drug-likeness (QED) is 0.205. The maximum Gasteiger partial charge on any atom is 0.229 e. The third-order valence-electron chi connectivity index (χ3n) is 6.83. The van der Waals surface area contributed by atoms with Gasteiger partial charge in [0, 0.05) is 41.0 Å². The number of aromatic amines is 1. The second-order valence-electron chi connectivity index (χ2n) is 10.4. The summed E-state index contributed by atoms with van der Waals surface area (Å²) in [5, 5.41) is 19.3. The lowest BCUT2D eigenvalue weighted by molar-refractivity contribution is 0.476. The summed E-state index contributed by atoms with van der Waals surface area (Å²) >= 11 is 0. The van der Waals surface area contributed by atoms with Crippen LogP contribution in [0.25, 0.3) is 38.9 Å². The van der Waals surface area contributed by atoms with Crippen molar-refractivity contribution < 1.29 is 13.5 Å². The van der Waals surface area contributed by atoms with Crippen molar-refractivity contribution in [3.8, 4) is 28.1 Å². The summed E-state index contributed by atoms with van der Waals surface area (Å²) in [6.45, 7) is 7.92. The van der Waals surface area contributed by atoms with E-state index in [0.717, 1.165) is 40.0 Å². The number of rotatable bonds is 7. The lowest BCUT2D eigenvalue weighted by Gasteiger charge is -2.17. The topological polar surface area (TPSA) is 163 Å². The molecule has 42 heavy (non-hydrogen) atoms. The van der Waals surface area contributed by atoms with Gasteiger partial charge in [0.2, 0.25) is 10.0 Å². The lowest BCUT2D eigenvalue weighted by atomic mass is 10.0. The van der Waals surface area contributed by atoms with Crippen molar-refractivity contribution in [1.29, 1.82) is 0 Å². The summed E-state index contributed by atoms with van der Waals surface area (Å²) in [5.74, 6) is 0.987. The van der Waals surface area contributed by atoms with E-state index in [1.807, 2.05) is 56.6 Å². The number of H-pyrrole nitrogens is 1. The van der Waals surface area contributed by atoms with Gasteiger partial charge in [0.15, 0.2) is 5.82 Å². The first-order chi connectivity index (χ1) is 19.9. The van der Waals surface area contributed by atoms with E-state index < -0.39 is 10.0 Å². The van der Waals surface area contributed by atoms with Crippen LogP contribution in [0.1, 0.15) is 35.7 Å². The van der Waals surface area contributed by atoms with Crippen LogP contribution in [0.2, 0.25) is 0 Å². The number of nitrogens with one attached hydrogen (secondary N) is 3. The Morgan fingerprint density at radius 1 is 1.00 bits per heavy atom. The largest absolute Gasteiger partial charge is 0.508 e. The fourth-order valence-electron chi connectivity index (χ4n) is 5.16. The number of sulfonamides is 1. The fraction of sp³-hybridized carbons (Fsp3) is 0.207. The molecule has 4 N–H and O–H groups in total. The molecule has 5 heterocycles. The van der Waals surface area contributed by atoms with Gasteiger partial charge in [-0.1, -0.05) is 0 Å². The minimum Gasteiger partial charge on any atom is -0.508 e. The predicted molar refractivity (Wildman–Crippen MR) is 162 cm³/mol. The van der Waals surface area contributed by atoms with Crippen LogP contribution >= 0.6 is 0 Å². The SMILES string of the molecule is Cc1cc(-c2nc([C@H](C)Nc3ncnc4[nH]cc(-c5cc(O)cc(NS(C)(=O)=O)c5)c34)nn3ccc(C)c23)cc(C)n1. The Bertz CT molecular complexity index is 2080. The molecule has 0 aliphatic heterocycles. The summed E-state index contributed by atoms with van der Waals surface area (Å²) in [6, 6.07) is 10.2. The Kier molecular flexibility index (Phi) is 6.53. The van der Waals surface area contributed by atoms with Crippen molar-refractivity contribution in [2.45, 2.75) is 33.7 Å². The van der Waals surface area contributed by atoms with Crippen LogP contribution in [-0.2, 0) is 10.0 Å². The first-order valence-corrected chi connectivity index (χ1v) is 15.1. The van der Waals surface area contributed by atoms with Gasteiger partial charge < -0.3 is 15.4 Å². The van der Waals surface area contributed by atoms with Gasteiger partial charge >= 0.3 is 0 Å². The minimum absolute atomic E-state index is 0.0921. The number of aryl methyl sites for hydroxylation is 3. The van der Waals surface area contributed by atoms with Crippen molar-refractivity contribution in [2.24, 2.45) is 0 Å². The molecule has 1 aromatic carbocycles. The van der Waals surface area contributed by atoms with Gasteiger partial charge in [-0.2, -0.15) is 5.10 Å². The van der Waals surface area contributed by atoms with Gasteiger partial charge in [-0.15, -0.1) is 0 Å². The third kappa shape index (κ3) is 5.21. The Labute approximate surface area is 242 Å². The number of phenols is 1. The lowest BCUT2D eigenvalue weighted by Crippen LogP contribution is -2.15. The molecule has 0 radical (unpaired) electrons. The van der Waals surface area contributed by atoms with Crippen molar-refractivity contribution >= 4 is 38.1 Å². The Balaban J connectivity index is 1.43. The average molecular weight is 584 g/mol. The summed E-state index contributed by atoms with van der Waals surface area (Å²) in [7, 11) is -3.54. The molecule has 0 aliphatic carbocycles. The summed E-state index contributed by atoms with van der Waals surface area (Å²) in [4.78, 5) is 21.6. The van der Waals surface area contributed by atoms with E-state index in [0.29, 0.717) is 33.8 Å². The summed E-state index contributed by atoms with van der Waals surface area (Å²) in [5.41, 5.74) is 7.62. The number of aromatic hydroxyl groups is 1. The van der Waals surface area contributed by atoms with E-state index in [2.05, 4.69) is 30.0 Å². The summed E-state index contributed by atoms with van der Waals surface area (Å²) in [6.07, 6.45) is 6.16. The highest BCUT2D eigenvalue weighted by atomic mass is 32.2. The van der Waals surface area contributed by atoms with Crippen molar-refractivity contribution in [3.63, 3.8) is 0 Å². The Morgan fingerprint density at radius 3 is 2.50 bits per heavy atom. The number of pyridine rings is 1. The van der Waals surface area contributed by atoms with E-state index in [4.69, 9.17) is 10.1 Å². The maximum absolute atomic E-state index is 11.8. The van der Waals surface area contributed by atoms with Crippen LogP contribution in [0.4, 0.5) is 11.5 Å². The molecule has 0 amide bonds. The van der Waals surface area contributed by atoms with E-state index in [1.54, 1.807) is 18.3 Å². The number of nitrogens with zero attached hydrogens (tertiary/aromatic N) is 6. The molecule has 0 saturated heterocycles. The molecule has 0 aliphatic rings. The number of anilines is 2. The van der Waals surface area contributed by atoms with Gasteiger partial charge in [0.25, 0.3) is 0 Å².